The van der Waals surface area contributed by atoms with Gasteiger partial charge in [-0.3, -0.25) is 0 Å². The first-order valence-corrected chi connectivity index (χ1v) is 9.99. The lowest BCUT2D eigenvalue weighted by molar-refractivity contribution is -0.388. The van der Waals surface area contributed by atoms with Crippen molar-refractivity contribution in [2.45, 2.75) is 50.1 Å². The van der Waals surface area contributed by atoms with Crippen LogP contribution in [0.25, 0.3) is 5.57 Å². The first-order valence-electron chi connectivity index (χ1n) is 9.99. The molecule has 192 valence electrons. The van der Waals surface area contributed by atoms with Crippen molar-refractivity contribution in [1.82, 2.24) is 0 Å². The summed E-state index contributed by atoms with van der Waals surface area (Å²) in [5, 5.41) is 0. The molecule has 0 saturated heterocycles. The Labute approximate surface area is 195 Å². The van der Waals surface area contributed by atoms with E-state index in [1.54, 1.807) is 0 Å². The predicted octanol–water partition coefficient (Wildman–Crippen LogP) is 7.67. The van der Waals surface area contributed by atoms with E-state index < -0.39 is 47.0 Å². The van der Waals surface area contributed by atoms with Crippen molar-refractivity contribution in [3.05, 3.63) is 76.9 Å². The molecule has 2 nitrogen and oxygen atoms in total. The quantitative estimate of drug-likeness (QED) is 0.293. The maximum atomic E-state index is 14.5. The molecule has 0 aliphatic rings. The van der Waals surface area contributed by atoms with Crippen LogP contribution in [0.1, 0.15) is 47.8 Å². The van der Waals surface area contributed by atoms with E-state index in [9.17, 15) is 44.3 Å². The van der Waals surface area contributed by atoms with Crippen LogP contribution in [-0.4, -0.2) is 37.0 Å². The molecule has 0 radical (unpaired) electrons. The molecular formula is C24H21F9O2. The number of rotatable bonds is 6. The van der Waals surface area contributed by atoms with Crippen LogP contribution in [0, 0.1) is 0 Å². The highest BCUT2D eigenvalue weighted by molar-refractivity contribution is 5.90. The van der Waals surface area contributed by atoms with Gasteiger partial charge >= 0.3 is 29.9 Å². The summed E-state index contributed by atoms with van der Waals surface area (Å²) >= 11 is 0. The largest absolute Gasteiger partial charge is 0.465 e. The number of alkyl halides is 9. The fourth-order valence-corrected chi connectivity index (χ4v) is 3.05. The number of esters is 1. The van der Waals surface area contributed by atoms with Crippen LogP contribution < -0.4 is 0 Å². The second kappa shape index (κ2) is 9.23. The number of hydrogen-bond donors (Lipinski definition) is 0. The van der Waals surface area contributed by atoms with Gasteiger partial charge in [0.05, 0.1) is 12.7 Å². The van der Waals surface area contributed by atoms with Crippen LogP contribution in [0.2, 0.25) is 0 Å². The summed E-state index contributed by atoms with van der Waals surface area (Å²) in [6.45, 7) is 5.49. The maximum absolute atomic E-state index is 14.5. The summed E-state index contributed by atoms with van der Waals surface area (Å²) in [5.41, 5.74) is -0.871. The predicted molar refractivity (Wildman–Crippen MR) is 111 cm³/mol. The Morgan fingerprint density at radius 3 is 1.46 bits per heavy atom. The first kappa shape index (κ1) is 28.3. The van der Waals surface area contributed by atoms with Gasteiger partial charge in [0.2, 0.25) is 0 Å². The molecular weight excluding hydrogens is 491 g/mol. The maximum Gasteiger partial charge on any atom is 0.460 e. The lowest BCUT2D eigenvalue weighted by atomic mass is 9.85. The number of ether oxygens (including phenoxy) is 1. The fourth-order valence-electron chi connectivity index (χ4n) is 3.05. The van der Waals surface area contributed by atoms with Crippen LogP contribution in [0.15, 0.2) is 54.6 Å². The molecule has 0 unspecified atom stereocenters. The zero-order valence-corrected chi connectivity index (χ0v) is 18.9. The molecule has 2 rings (SSSR count). The van der Waals surface area contributed by atoms with Crippen LogP contribution in [0.3, 0.4) is 0 Å². The van der Waals surface area contributed by atoms with Crippen molar-refractivity contribution in [2.24, 2.45) is 0 Å². The molecule has 0 heterocycles. The third-order valence-electron chi connectivity index (χ3n) is 5.17. The Bertz CT molecular complexity index is 1080. The lowest BCUT2D eigenvalue weighted by Crippen LogP contribution is -2.60. The summed E-state index contributed by atoms with van der Waals surface area (Å²) in [6, 6.07) is 9.74. The molecule has 0 N–H and O–H groups in total. The molecule has 35 heavy (non-hydrogen) atoms. The number of methoxy groups -OCH3 is 1. The topological polar surface area (TPSA) is 26.3 Å². The number of carbonyl (C=O) groups excluding carboxylic acids is 1. The van der Waals surface area contributed by atoms with Crippen molar-refractivity contribution in [3.8, 4) is 0 Å². The molecule has 0 amide bonds. The Hall–Kier alpha value is -2.98. The van der Waals surface area contributed by atoms with E-state index in [0.29, 0.717) is 5.56 Å². The van der Waals surface area contributed by atoms with Crippen LogP contribution in [0.5, 0.6) is 0 Å². The molecule has 2 aromatic carbocycles. The normalized spacial score (nSPS) is 14.1. The summed E-state index contributed by atoms with van der Waals surface area (Å²) in [4.78, 5) is 11.6. The van der Waals surface area contributed by atoms with E-state index in [0.717, 1.165) is 31.4 Å². The summed E-state index contributed by atoms with van der Waals surface area (Å²) < 4.78 is 126. The smallest absolute Gasteiger partial charge is 0.460 e. The van der Waals surface area contributed by atoms with Gasteiger partial charge in [-0.05, 0) is 45.9 Å². The molecule has 11 heteroatoms. The fraction of sp³-hybridized carbons (Fsp3) is 0.375. The van der Waals surface area contributed by atoms with Gasteiger partial charge in [0, 0.05) is 0 Å². The Morgan fingerprint density at radius 2 is 1.09 bits per heavy atom. The number of allylic oxidation sites excluding steroid dienone is 1. The zero-order valence-electron chi connectivity index (χ0n) is 18.9. The molecule has 0 aromatic heterocycles. The Kier molecular flexibility index (Phi) is 7.46. The highest BCUT2D eigenvalue weighted by atomic mass is 19.4. The van der Waals surface area contributed by atoms with E-state index in [1.165, 1.54) is 24.3 Å². The van der Waals surface area contributed by atoms with Gasteiger partial charge in [0.1, 0.15) is 0 Å². The standard InChI is InChI=1S/C24H21F9O2/c1-20(2,3)17-11-9-15(10-12-17)18(14-5-7-16(8-6-14)19(34)35-4)13-21(25,26)22(27,28)23(29,30)24(31,32)33/h5-13H,1-4H3/b18-13+. The van der Waals surface area contributed by atoms with E-state index in [4.69, 9.17) is 0 Å². The minimum absolute atomic E-state index is 0.0422. The second-order valence-corrected chi connectivity index (χ2v) is 8.72. The third-order valence-corrected chi connectivity index (χ3v) is 5.17. The highest BCUT2D eigenvalue weighted by Crippen LogP contribution is 2.54. The summed E-state index contributed by atoms with van der Waals surface area (Å²) in [7, 11) is 1.07. The summed E-state index contributed by atoms with van der Waals surface area (Å²) in [6.07, 6.45) is -7.55. The molecule has 0 spiro atoms. The molecule has 0 atom stereocenters. The second-order valence-electron chi connectivity index (χ2n) is 8.72. The zero-order chi connectivity index (χ0) is 27.0. The van der Waals surface area contributed by atoms with Crippen molar-refractivity contribution in [3.63, 3.8) is 0 Å². The van der Waals surface area contributed by atoms with E-state index in [-0.39, 0.29) is 16.7 Å². The van der Waals surface area contributed by atoms with Crippen LogP contribution in [-0.2, 0) is 10.2 Å². The SMILES string of the molecule is COC(=O)c1ccc(/C(=C\C(F)(F)C(F)(F)C(F)(F)C(F)(F)F)c2ccc(C(C)(C)C)cc2)cc1. The number of halogens is 9. The van der Waals surface area contributed by atoms with Gasteiger partial charge in [-0.15, -0.1) is 0 Å². The summed E-state index contributed by atoms with van der Waals surface area (Å²) in [5.74, 6) is -20.6. The van der Waals surface area contributed by atoms with Gasteiger partial charge in [-0.2, -0.15) is 39.5 Å². The van der Waals surface area contributed by atoms with E-state index in [1.807, 2.05) is 20.8 Å². The molecule has 0 fully saturated rings. The number of benzene rings is 2. The number of carbonyl (C=O) groups is 1. The van der Waals surface area contributed by atoms with Gasteiger partial charge in [0.15, 0.2) is 0 Å². The van der Waals surface area contributed by atoms with Gasteiger partial charge in [-0.1, -0.05) is 57.2 Å². The van der Waals surface area contributed by atoms with E-state index in [2.05, 4.69) is 4.74 Å². The molecule has 0 bridgehead atoms. The van der Waals surface area contributed by atoms with Gasteiger partial charge < -0.3 is 4.74 Å². The third kappa shape index (κ3) is 5.48. The van der Waals surface area contributed by atoms with Crippen molar-refractivity contribution < 1.29 is 49.0 Å². The van der Waals surface area contributed by atoms with Crippen LogP contribution in [0.4, 0.5) is 39.5 Å². The van der Waals surface area contributed by atoms with E-state index >= 15 is 0 Å². The first-order chi connectivity index (χ1) is 15.8. The van der Waals surface area contributed by atoms with Gasteiger partial charge in [0.25, 0.3) is 0 Å². The molecule has 0 saturated carbocycles. The molecule has 2 aromatic rings. The van der Waals surface area contributed by atoms with Crippen molar-refractivity contribution in [2.75, 3.05) is 7.11 Å². The average Bonchev–Trinajstić information content (AvgIpc) is 2.75. The minimum Gasteiger partial charge on any atom is -0.465 e. The average molecular weight is 512 g/mol. The minimum atomic E-state index is -7.02. The lowest BCUT2D eigenvalue weighted by Gasteiger charge is -2.32. The van der Waals surface area contributed by atoms with Crippen molar-refractivity contribution >= 4 is 11.5 Å². The van der Waals surface area contributed by atoms with Crippen molar-refractivity contribution in [1.29, 1.82) is 0 Å². The molecule has 0 aliphatic heterocycles. The Balaban J connectivity index is 2.72. The molecule has 0 aliphatic carbocycles. The number of hydrogen-bond acceptors (Lipinski definition) is 2. The van der Waals surface area contributed by atoms with Gasteiger partial charge in [-0.25, -0.2) is 4.79 Å². The Morgan fingerprint density at radius 1 is 0.686 bits per heavy atom. The highest BCUT2D eigenvalue weighted by Gasteiger charge is 2.81. The van der Waals surface area contributed by atoms with Crippen LogP contribution >= 0.6 is 0 Å². The monoisotopic (exact) mass is 512 g/mol.